The summed E-state index contributed by atoms with van der Waals surface area (Å²) in [5.74, 6) is -0.0729. The van der Waals surface area contributed by atoms with E-state index in [1.165, 1.54) is 6.20 Å². The number of hydrogen-bond acceptors (Lipinski definition) is 5. The van der Waals surface area contributed by atoms with Crippen molar-refractivity contribution in [1.82, 2.24) is 15.0 Å². The van der Waals surface area contributed by atoms with Crippen molar-refractivity contribution in [3.8, 4) is 11.1 Å². The van der Waals surface area contributed by atoms with E-state index in [1.54, 1.807) is 36.9 Å². The summed E-state index contributed by atoms with van der Waals surface area (Å²) >= 11 is 0. The Hall–Kier alpha value is -3.93. The molecule has 4 aromatic rings. The second kappa shape index (κ2) is 6.60. The van der Waals surface area contributed by atoms with Crippen LogP contribution in [-0.2, 0) is 5.54 Å². The Kier molecular flexibility index (Phi) is 3.91. The van der Waals surface area contributed by atoms with Gasteiger partial charge < -0.3 is 5.73 Å². The highest BCUT2D eigenvalue weighted by Gasteiger charge is 2.43. The summed E-state index contributed by atoms with van der Waals surface area (Å²) in [6, 6.07) is 16.8. The minimum atomic E-state index is -0.884. The molecule has 0 amide bonds. The van der Waals surface area contributed by atoms with Crippen molar-refractivity contribution in [3.05, 3.63) is 114 Å². The lowest BCUT2D eigenvalue weighted by molar-refractivity contribution is 0.587. The number of aromatic nitrogens is 3. The lowest BCUT2D eigenvalue weighted by atomic mass is 9.78. The molecule has 5 nitrogen and oxygen atoms in total. The van der Waals surface area contributed by atoms with Crippen LogP contribution in [0.1, 0.15) is 22.3 Å². The second-order valence-electron chi connectivity index (χ2n) is 6.79. The number of benzene rings is 1. The van der Waals surface area contributed by atoms with Crippen LogP contribution in [0.2, 0.25) is 0 Å². The smallest absolute Gasteiger partial charge is 0.220 e. The van der Waals surface area contributed by atoms with Gasteiger partial charge in [0.15, 0.2) is 0 Å². The zero-order valence-electron chi connectivity index (χ0n) is 15.3. The number of hydrogen-bond donors (Lipinski definition) is 1. The fourth-order valence-corrected chi connectivity index (χ4v) is 3.92. The Morgan fingerprint density at radius 2 is 1.62 bits per heavy atom. The van der Waals surface area contributed by atoms with E-state index in [9.17, 15) is 4.39 Å². The molecule has 0 saturated carbocycles. The van der Waals surface area contributed by atoms with E-state index < -0.39 is 11.5 Å². The van der Waals surface area contributed by atoms with Gasteiger partial charge in [-0.3, -0.25) is 9.97 Å². The van der Waals surface area contributed by atoms with Gasteiger partial charge >= 0.3 is 0 Å². The van der Waals surface area contributed by atoms with Gasteiger partial charge in [0.2, 0.25) is 5.95 Å². The molecule has 2 N–H and O–H groups in total. The zero-order valence-corrected chi connectivity index (χ0v) is 15.3. The molecule has 0 radical (unpaired) electrons. The summed E-state index contributed by atoms with van der Waals surface area (Å²) < 4.78 is 14.3. The molecule has 0 spiro atoms. The monoisotopic (exact) mass is 381 g/mol. The lowest BCUT2D eigenvalue weighted by Gasteiger charge is -2.29. The molecule has 1 aromatic carbocycles. The Labute approximate surface area is 166 Å². The zero-order chi connectivity index (χ0) is 19.8. The number of halogens is 1. The molecule has 4 heterocycles. The third-order valence-electron chi connectivity index (χ3n) is 5.22. The lowest BCUT2D eigenvalue weighted by Crippen LogP contribution is -2.25. The highest BCUT2D eigenvalue weighted by Crippen LogP contribution is 2.46. The van der Waals surface area contributed by atoms with Gasteiger partial charge in [0.25, 0.3) is 0 Å². The molecule has 6 heteroatoms. The Bertz CT molecular complexity index is 1240. The molecule has 1 aliphatic rings. The van der Waals surface area contributed by atoms with Gasteiger partial charge in [0.1, 0.15) is 11.4 Å². The molecular weight excluding hydrogens is 365 g/mol. The van der Waals surface area contributed by atoms with E-state index in [0.29, 0.717) is 17.0 Å². The van der Waals surface area contributed by atoms with Crippen molar-refractivity contribution in [2.24, 2.45) is 10.7 Å². The van der Waals surface area contributed by atoms with Crippen LogP contribution < -0.4 is 5.73 Å². The first kappa shape index (κ1) is 17.2. The number of pyridine rings is 3. The van der Waals surface area contributed by atoms with Crippen LogP contribution in [0.25, 0.3) is 11.1 Å². The maximum atomic E-state index is 14.3. The Balaban J connectivity index is 1.80. The largest absolute Gasteiger partial charge is 0.383 e. The van der Waals surface area contributed by atoms with E-state index in [4.69, 9.17) is 10.7 Å². The molecule has 0 bridgehead atoms. The molecule has 1 unspecified atom stereocenters. The number of nitrogens with two attached hydrogens (primary N) is 1. The third-order valence-corrected chi connectivity index (χ3v) is 5.22. The van der Waals surface area contributed by atoms with Crippen molar-refractivity contribution >= 4 is 5.84 Å². The Morgan fingerprint density at radius 3 is 2.45 bits per heavy atom. The molecule has 29 heavy (non-hydrogen) atoms. The molecule has 0 aliphatic carbocycles. The third kappa shape index (κ3) is 2.61. The normalized spacial score (nSPS) is 17.6. The van der Waals surface area contributed by atoms with E-state index in [0.717, 1.165) is 22.3 Å². The molecule has 3 aromatic heterocycles. The van der Waals surface area contributed by atoms with E-state index >= 15 is 0 Å². The number of nitrogens with zero attached hydrogens (tertiary/aromatic N) is 4. The van der Waals surface area contributed by atoms with Crippen LogP contribution in [0.15, 0.2) is 90.6 Å². The topological polar surface area (TPSA) is 77.0 Å². The molecular formula is C23H16FN5. The van der Waals surface area contributed by atoms with Crippen LogP contribution >= 0.6 is 0 Å². The number of rotatable bonds is 3. The first-order valence-corrected chi connectivity index (χ1v) is 9.12. The van der Waals surface area contributed by atoms with Crippen molar-refractivity contribution < 1.29 is 4.39 Å². The van der Waals surface area contributed by atoms with E-state index in [-0.39, 0.29) is 0 Å². The maximum absolute atomic E-state index is 14.3. The first-order valence-electron chi connectivity index (χ1n) is 9.12. The number of amidine groups is 1. The highest BCUT2D eigenvalue weighted by molar-refractivity contribution is 6.03. The van der Waals surface area contributed by atoms with Crippen LogP contribution in [0.4, 0.5) is 4.39 Å². The van der Waals surface area contributed by atoms with Crippen LogP contribution in [0, 0.1) is 5.95 Å². The summed E-state index contributed by atoms with van der Waals surface area (Å²) in [6.45, 7) is 0. The van der Waals surface area contributed by atoms with Crippen LogP contribution in [0.5, 0.6) is 0 Å². The fraction of sp³-hybridized carbons (Fsp3) is 0.0435. The average Bonchev–Trinajstić information content (AvgIpc) is 3.09. The van der Waals surface area contributed by atoms with E-state index in [1.807, 2.05) is 42.5 Å². The summed E-state index contributed by atoms with van der Waals surface area (Å²) in [5.41, 5.74) is 10.1. The number of fused-ring (bicyclic) bond motifs is 1. The SMILES string of the molecule is NC1=NC(c2ccncc2)(c2cccc(-c3cccnc3F)c2)c2cnccc21. The fourth-order valence-electron chi connectivity index (χ4n) is 3.92. The summed E-state index contributed by atoms with van der Waals surface area (Å²) in [7, 11) is 0. The standard InChI is InChI=1S/C23H16FN5/c24-21-18(5-2-9-28-21)15-3-1-4-17(13-15)23(16-6-10-26-11-7-16)20-14-27-12-8-19(20)22(25)29-23/h1-14H,(H2,25,29). The molecule has 140 valence electrons. The average molecular weight is 381 g/mol. The minimum absolute atomic E-state index is 0.431. The van der Waals surface area contributed by atoms with Gasteiger partial charge in [0.05, 0.1) is 0 Å². The minimum Gasteiger partial charge on any atom is -0.383 e. The molecule has 0 fully saturated rings. The van der Waals surface area contributed by atoms with Crippen molar-refractivity contribution in [2.45, 2.75) is 5.54 Å². The van der Waals surface area contributed by atoms with Crippen LogP contribution in [0.3, 0.4) is 0 Å². The van der Waals surface area contributed by atoms with Gasteiger partial charge in [-0.2, -0.15) is 4.39 Å². The summed E-state index contributed by atoms with van der Waals surface area (Å²) in [5, 5.41) is 0. The molecule has 5 rings (SSSR count). The van der Waals surface area contributed by atoms with Gasteiger partial charge in [-0.1, -0.05) is 18.2 Å². The van der Waals surface area contributed by atoms with Crippen LogP contribution in [-0.4, -0.2) is 20.8 Å². The van der Waals surface area contributed by atoms with Gasteiger partial charge in [-0.05, 0) is 53.1 Å². The molecule has 0 saturated heterocycles. The van der Waals surface area contributed by atoms with E-state index in [2.05, 4.69) is 15.0 Å². The number of aliphatic imine (C=N–C) groups is 1. The quantitative estimate of drug-likeness (QED) is 0.549. The second-order valence-corrected chi connectivity index (χ2v) is 6.79. The van der Waals surface area contributed by atoms with Crippen molar-refractivity contribution in [2.75, 3.05) is 0 Å². The highest BCUT2D eigenvalue weighted by atomic mass is 19.1. The molecule has 1 aliphatic heterocycles. The molecule has 1 atom stereocenters. The van der Waals surface area contributed by atoms with Crippen molar-refractivity contribution in [1.29, 1.82) is 0 Å². The van der Waals surface area contributed by atoms with Crippen molar-refractivity contribution in [3.63, 3.8) is 0 Å². The first-order chi connectivity index (χ1) is 14.2. The predicted octanol–water partition coefficient (Wildman–Crippen LogP) is 3.69. The Morgan fingerprint density at radius 1 is 0.793 bits per heavy atom. The predicted molar refractivity (Wildman–Crippen MR) is 109 cm³/mol. The maximum Gasteiger partial charge on any atom is 0.220 e. The van der Waals surface area contributed by atoms with Gasteiger partial charge in [-0.15, -0.1) is 0 Å². The van der Waals surface area contributed by atoms with Gasteiger partial charge in [-0.25, -0.2) is 9.98 Å². The summed E-state index contributed by atoms with van der Waals surface area (Å²) in [6.07, 6.45) is 8.37. The summed E-state index contributed by atoms with van der Waals surface area (Å²) in [4.78, 5) is 17.1. The van der Waals surface area contributed by atoms with Gasteiger partial charge in [0, 0.05) is 47.7 Å².